The number of benzene rings is 2. The van der Waals surface area contributed by atoms with E-state index >= 15 is 0 Å². The molecule has 0 amide bonds. The monoisotopic (exact) mass is 360 g/mol. The van der Waals surface area contributed by atoms with Crippen LogP contribution in [0.2, 0.25) is 0 Å². The zero-order valence-electron chi connectivity index (χ0n) is 11.6. The van der Waals surface area contributed by atoms with E-state index in [4.69, 9.17) is 12.2 Å². The summed E-state index contributed by atoms with van der Waals surface area (Å²) >= 11 is 8.92. The second-order valence-electron chi connectivity index (χ2n) is 5.25. The van der Waals surface area contributed by atoms with Crippen molar-refractivity contribution < 1.29 is 0 Å². The highest BCUT2D eigenvalue weighted by molar-refractivity contribution is 9.10. The van der Waals surface area contributed by atoms with Crippen LogP contribution >= 0.6 is 28.1 Å². The number of rotatable bonds is 2. The topological polar surface area (TPSA) is 24.1 Å². The highest BCUT2D eigenvalue weighted by Crippen LogP contribution is 2.29. The Morgan fingerprint density at radius 1 is 1.14 bits per heavy atom. The fourth-order valence-corrected chi connectivity index (χ4v) is 3.45. The molecule has 2 aromatic rings. The molecule has 1 aliphatic carbocycles. The number of aryl methyl sites for hydroxylation is 1. The van der Waals surface area contributed by atoms with Gasteiger partial charge in [-0.1, -0.05) is 46.3 Å². The summed E-state index contributed by atoms with van der Waals surface area (Å²) in [5, 5.41) is 7.37. The molecule has 1 aliphatic rings. The molecule has 0 saturated heterocycles. The number of hydrogen-bond acceptors (Lipinski definition) is 1. The van der Waals surface area contributed by atoms with Gasteiger partial charge >= 0.3 is 0 Å². The van der Waals surface area contributed by atoms with Gasteiger partial charge in [-0.2, -0.15) is 0 Å². The van der Waals surface area contributed by atoms with Crippen molar-refractivity contribution in [2.45, 2.75) is 25.3 Å². The van der Waals surface area contributed by atoms with Crippen LogP contribution < -0.4 is 10.6 Å². The molecular weight excluding hydrogens is 344 g/mol. The van der Waals surface area contributed by atoms with Crippen LogP contribution in [-0.2, 0) is 6.42 Å². The molecule has 3 rings (SSSR count). The van der Waals surface area contributed by atoms with E-state index in [0.29, 0.717) is 11.2 Å². The highest BCUT2D eigenvalue weighted by atomic mass is 79.9. The zero-order valence-corrected chi connectivity index (χ0v) is 14.0. The molecule has 0 aromatic heterocycles. The zero-order chi connectivity index (χ0) is 14.7. The lowest BCUT2D eigenvalue weighted by Crippen LogP contribution is -2.34. The van der Waals surface area contributed by atoms with Crippen molar-refractivity contribution in [1.29, 1.82) is 0 Å². The van der Waals surface area contributed by atoms with E-state index in [0.717, 1.165) is 16.6 Å². The molecule has 2 N–H and O–H groups in total. The van der Waals surface area contributed by atoms with E-state index in [1.165, 1.54) is 24.0 Å². The average molecular weight is 361 g/mol. The quantitative estimate of drug-likeness (QED) is 0.751. The van der Waals surface area contributed by atoms with Crippen molar-refractivity contribution in [3.63, 3.8) is 0 Å². The lowest BCUT2D eigenvalue weighted by molar-refractivity contribution is 0.529. The van der Waals surface area contributed by atoms with Crippen molar-refractivity contribution in [3.05, 3.63) is 64.1 Å². The van der Waals surface area contributed by atoms with E-state index in [1.54, 1.807) is 0 Å². The van der Waals surface area contributed by atoms with Crippen LogP contribution in [0, 0.1) is 0 Å². The van der Waals surface area contributed by atoms with E-state index in [-0.39, 0.29) is 0 Å². The molecule has 21 heavy (non-hydrogen) atoms. The molecule has 4 heteroatoms. The third-order valence-corrected chi connectivity index (χ3v) is 4.47. The van der Waals surface area contributed by atoms with Crippen LogP contribution in [0.4, 0.5) is 5.69 Å². The Bertz CT molecular complexity index is 657. The maximum absolute atomic E-state index is 5.45. The van der Waals surface area contributed by atoms with E-state index < -0.39 is 0 Å². The second-order valence-corrected chi connectivity index (χ2v) is 6.58. The van der Waals surface area contributed by atoms with Gasteiger partial charge in [-0.15, -0.1) is 0 Å². The molecule has 0 bridgehead atoms. The Labute approximate surface area is 139 Å². The maximum Gasteiger partial charge on any atom is 0.171 e. The van der Waals surface area contributed by atoms with Crippen LogP contribution in [0.15, 0.2) is 53.0 Å². The van der Waals surface area contributed by atoms with Gasteiger partial charge in [-0.3, -0.25) is 0 Å². The number of nitrogens with one attached hydrogen (secondary N) is 2. The molecular formula is C17H17BrN2S. The molecule has 0 spiro atoms. The van der Waals surface area contributed by atoms with Gasteiger partial charge in [0.05, 0.1) is 6.04 Å². The second kappa shape index (κ2) is 6.58. The molecule has 0 radical (unpaired) electrons. The van der Waals surface area contributed by atoms with Crippen molar-refractivity contribution in [1.82, 2.24) is 5.32 Å². The van der Waals surface area contributed by atoms with Crippen molar-refractivity contribution in [2.24, 2.45) is 0 Å². The minimum absolute atomic E-state index is 0.308. The van der Waals surface area contributed by atoms with Gasteiger partial charge in [0.15, 0.2) is 5.11 Å². The van der Waals surface area contributed by atoms with E-state index in [9.17, 15) is 0 Å². The molecule has 1 atom stereocenters. The molecule has 0 saturated carbocycles. The van der Waals surface area contributed by atoms with Gasteiger partial charge in [-0.05, 0) is 60.8 Å². The molecule has 0 aliphatic heterocycles. The van der Waals surface area contributed by atoms with Crippen molar-refractivity contribution in [3.8, 4) is 0 Å². The molecule has 2 nitrogen and oxygen atoms in total. The normalized spacial score (nSPS) is 16.9. The van der Waals surface area contributed by atoms with Gasteiger partial charge in [-0.25, -0.2) is 0 Å². The highest BCUT2D eigenvalue weighted by Gasteiger charge is 2.20. The summed E-state index contributed by atoms with van der Waals surface area (Å²) < 4.78 is 1.04. The Morgan fingerprint density at radius 2 is 2.00 bits per heavy atom. The summed E-state index contributed by atoms with van der Waals surface area (Å²) in [7, 11) is 0. The standard InChI is InChI=1S/C17H17BrN2S/c18-13-7-4-8-14(11-13)19-17(21)20-16-10-3-6-12-5-1-2-9-15(12)16/h1-2,4-5,7-9,11,16H,3,6,10H2,(H2,19,20,21). The minimum atomic E-state index is 0.308. The first-order valence-electron chi connectivity index (χ1n) is 7.13. The Morgan fingerprint density at radius 3 is 2.86 bits per heavy atom. The summed E-state index contributed by atoms with van der Waals surface area (Å²) in [6, 6.07) is 17.0. The van der Waals surface area contributed by atoms with Crippen LogP contribution in [0.3, 0.4) is 0 Å². The average Bonchev–Trinajstić information content (AvgIpc) is 2.47. The van der Waals surface area contributed by atoms with Crippen LogP contribution in [0.5, 0.6) is 0 Å². The number of anilines is 1. The summed E-state index contributed by atoms with van der Waals surface area (Å²) in [6.45, 7) is 0. The molecule has 1 unspecified atom stereocenters. The summed E-state index contributed by atoms with van der Waals surface area (Å²) in [5.74, 6) is 0. The number of halogens is 1. The third kappa shape index (κ3) is 3.63. The van der Waals surface area contributed by atoms with Gasteiger partial charge < -0.3 is 10.6 Å². The van der Waals surface area contributed by atoms with Gasteiger partial charge in [0.25, 0.3) is 0 Å². The Kier molecular flexibility index (Phi) is 4.56. The molecule has 0 fully saturated rings. The van der Waals surface area contributed by atoms with Crippen LogP contribution in [-0.4, -0.2) is 5.11 Å². The summed E-state index contributed by atoms with van der Waals surface area (Å²) in [5.41, 5.74) is 3.81. The predicted molar refractivity (Wildman–Crippen MR) is 95.6 cm³/mol. The van der Waals surface area contributed by atoms with Crippen molar-refractivity contribution >= 4 is 38.9 Å². The number of thiocarbonyl (C=S) groups is 1. The largest absolute Gasteiger partial charge is 0.356 e. The van der Waals surface area contributed by atoms with E-state index in [1.807, 2.05) is 24.3 Å². The van der Waals surface area contributed by atoms with Gasteiger partial charge in [0, 0.05) is 10.2 Å². The first-order chi connectivity index (χ1) is 10.2. The predicted octanol–water partition coefficient (Wildman–Crippen LogP) is 4.81. The third-order valence-electron chi connectivity index (χ3n) is 3.76. The summed E-state index contributed by atoms with van der Waals surface area (Å²) in [6.07, 6.45) is 3.49. The lowest BCUT2D eigenvalue weighted by Gasteiger charge is -2.27. The number of hydrogen-bond donors (Lipinski definition) is 2. The summed E-state index contributed by atoms with van der Waals surface area (Å²) in [4.78, 5) is 0. The van der Waals surface area contributed by atoms with Gasteiger partial charge in [0.2, 0.25) is 0 Å². The molecule has 108 valence electrons. The molecule has 2 aromatic carbocycles. The lowest BCUT2D eigenvalue weighted by atomic mass is 9.88. The fraction of sp³-hybridized carbons (Fsp3) is 0.235. The first-order valence-corrected chi connectivity index (χ1v) is 8.33. The Hall–Kier alpha value is -1.39. The minimum Gasteiger partial charge on any atom is -0.356 e. The van der Waals surface area contributed by atoms with Crippen molar-refractivity contribution in [2.75, 3.05) is 5.32 Å². The van der Waals surface area contributed by atoms with Gasteiger partial charge in [0.1, 0.15) is 0 Å². The SMILES string of the molecule is S=C(Nc1cccc(Br)c1)NC1CCCc2ccccc21. The number of fused-ring (bicyclic) bond motifs is 1. The maximum atomic E-state index is 5.45. The first kappa shape index (κ1) is 14.5. The Balaban J connectivity index is 1.68. The fourth-order valence-electron chi connectivity index (χ4n) is 2.80. The molecule has 0 heterocycles. The van der Waals surface area contributed by atoms with Crippen LogP contribution in [0.1, 0.15) is 30.0 Å². The van der Waals surface area contributed by atoms with Crippen LogP contribution in [0.25, 0.3) is 0 Å². The smallest absolute Gasteiger partial charge is 0.171 e. The van der Waals surface area contributed by atoms with E-state index in [2.05, 4.69) is 50.8 Å².